The first-order valence-electron chi connectivity index (χ1n) is 7.26. The molecule has 0 fully saturated rings. The molecule has 104 valence electrons. The number of aryl methyl sites for hydroxylation is 2. The summed E-state index contributed by atoms with van der Waals surface area (Å²) in [4.78, 5) is 0. The molecule has 2 aromatic rings. The van der Waals surface area contributed by atoms with Gasteiger partial charge in [-0.3, -0.25) is 0 Å². The van der Waals surface area contributed by atoms with E-state index in [1.54, 1.807) is 0 Å². The highest BCUT2D eigenvalue weighted by molar-refractivity contribution is 5.75. The van der Waals surface area contributed by atoms with Crippen LogP contribution in [0.15, 0.2) is 36.4 Å². The van der Waals surface area contributed by atoms with Crippen molar-refractivity contribution in [3.8, 4) is 16.9 Å². The second-order valence-electron chi connectivity index (χ2n) is 5.56. The summed E-state index contributed by atoms with van der Waals surface area (Å²) in [5, 5.41) is 0. The monoisotopic (exact) mass is 267 g/mol. The normalized spacial score (nSPS) is 17.4. The minimum atomic E-state index is 0.147. The Labute approximate surface area is 120 Å². The maximum Gasteiger partial charge on any atom is 0.130 e. The van der Waals surface area contributed by atoms with Crippen molar-refractivity contribution in [2.75, 3.05) is 6.54 Å². The van der Waals surface area contributed by atoms with Crippen LogP contribution in [0.1, 0.15) is 23.1 Å². The van der Waals surface area contributed by atoms with E-state index in [-0.39, 0.29) is 6.10 Å². The Kier molecular flexibility index (Phi) is 3.49. The fourth-order valence-corrected chi connectivity index (χ4v) is 2.88. The molecule has 3 rings (SSSR count). The van der Waals surface area contributed by atoms with Crippen molar-refractivity contribution in [1.29, 1.82) is 0 Å². The van der Waals surface area contributed by atoms with E-state index in [1.165, 1.54) is 27.8 Å². The molecule has 0 radical (unpaired) electrons. The number of ether oxygens (including phenoxy) is 1. The third kappa shape index (κ3) is 2.20. The zero-order chi connectivity index (χ0) is 14.1. The van der Waals surface area contributed by atoms with Crippen molar-refractivity contribution >= 4 is 0 Å². The summed E-state index contributed by atoms with van der Waals surface area (Å²) >= 11 is 0. The second-order valence-corrected chi connectivity index (χ2v) is 5.56. The van der Waals surface area contributed by atoms with Gasteiger partial charge in [0.1, 0.15) is 11.9 Å². The van der Waals surface area contributed by atoms with Crippen molar-refractivity contribution < 1.29 is 4.74 Å². The van der Waals surface area contributed by atoms with Crippen molar-refractivity contribution in [2.24, 2.45) is 5.73 Å². The van der Waals surface area contributed by atoms with Gasteiger partial charge in [0.2, 0.25) is 0 Å². The van der Waals surface area contributed by atoms with E-state index in [9.17, 15) is 0 Å². The maximum absolute atomic E-state index is 6.14. The Balaban J connectivity index is 2.13. The lowest BCUT2D eigenvalue weighted by Crippen LogP contribution is -2.30. The Morgan fingerprint density at radius 2 is 1.85 bits per heavy atom. The first kappa shape index (κ1) is 13.2. The number of benzene rings is 2. The SMILES string of the molecule is Cc1cccc(-c2cccc3c2O[C@@H](CN)CC3)c1C. The van der Waals surface area contributed by atoms with Crippen LogP contribution in [-0.2, 0) is 6.42 Å². The highest BCUT2D eigenvalue weighted by Crippen LogP contribution is 2.39. The van der Waals surface area contributed by atoms with Gasteiger partial charge in [-0.1, -0.05) is 36.4 Å². The third-order valence-corrected chi connectivity index (χ3v) is 4.27. The molecule has 0 amide bonds. The fraction of sp³-hybridized carbons (Fsp3) is 0.333. The van der Waals surface area contributed by atoms with Crippen LogP contribution < -0.4 is 10.5 Å². The molecule has 0 aromatic heterocycles. The number of hydrogen-bond donors (Lipinski definition) is 1. The van der Waals surface area contributed by atoms with E-state index >= 15 is 0 Å². The van der Waals surface area contributed by atoms with Crippen LogP contribution >= 0.6 is 0 Å². The lowest BCUT2D eigenvalue weighted by molar-refractivity contribution is 0.182. The highest BCUT2D eigenvalue weighted by Gasteiger charge is 2.22. The van der Waals surface area contributed by atoms with Crippen molar-refractivity contribution in [1.82, 2.24) is 0 Å². The predicted molar refractivity (Wildman–Crippen MR) is 83.1 cm³/mol. The van der Waals surface area contributed by atoms with Crippen LogP contribution in [0.25, 0.3) is 11.1 Å². The quantitative estimate of drug-likeness (QED) is 0.902. The standard InChI is InChI=1S/C18H21NO/c1-12-5-3-7-16(13(12)2)17-8-4-6-14-9-10-15(11-19)20-18(14)17/h3-8,15H,9-11,19H2,1-2H3/t15-/m1/s1. The van der Waals surface area contributed by atoms with Crippen LogP contribution in [-0.4, -0.2) is 12.6 Å². The molecular weight excluding hydrogens is 246 g/mol. The minimum absolute atomic E-state index is 0.147. The Bertz CT molecular complexity index is 633. The number of nitrogens with two attached hydrogens (primary N) is 1. The molecule has 1 aliphatic heterocycles. The molecule has 0 saturated heterocycles. The van der Waals surface area contributed by atoms with Gasteiger partial charge in [-0.2, -0.15) is 0 Å². The summed E-state index contributed by atoms with van der Waals surface area (Å²) in [6.07, 6.45) is 2.21. The smallest absolute Gasteiger partial charge is 0.130 e. The third-order valence-electron chi connectivity index (χ3n) is 4.27. The molecule has 20 heavy (non-hydrogen) atoms. The molecule has 1 atom stereocenters. The molecule has 0 saturated carbocycles. The first-order chi connectivity index (χ1) is 9.70. The first-order valence-corrected chi connectivity index (χ1v) is 7.26. The van der Waals surface area contributed by atoms with E-state index in [0.29, 0.717) is 6.54 Å². The van der Waals surface area contributed by atoms with Gasteiger partial charge in [-0.05, 0) is 48.9 Å². The summed E-state index contributed by atoms with van der Waals surface area (Å²) in [7, 11) is 0. The summed E-state index contributed by atoms with van der Waals surface area (Å²) in [5.74, 6) is 1.03. The minimum Gasteiger partial charge on any atom is -0.488 e. The van der Waals surface area contributed by atoms with E-state index < -0.39 is 0 Å². The summed E-state index contributed by atoms with van der Waals surface area (Å²) in [6, 6.07) is 12.9. The van der Waals surface area contributed by atoms with E-state index in [2.05, 4.69) is 50.2 Å². The molecular formula is C18H21NO. The van der Waals surface area contributed by atoms with Crippen LogP contribution in [0.4, 0.5) is 0 Å². The lowest BCUT2D eigenvalue weighted by Gasteiger charge is -2.27. The molecule has 1 heterocycles. The Morgan fingerprint density at radius 3 is 2.65 bits per heavy atom. The van der Waals surface area contributed by atoms with Gasteiger partial charge in [-0.15, -0.1) is 0 Å². The number of fused-ring (bicyclic) bond motifs is 1. The lowest BCUT2D eigenvalue weighted by atomic mass is 9.92. The summed E-state index contributed by atoms with van der Waals surface area (Å²) < 4.78 is 6.14. The molecule has 2 aromatic carbocycles. The van der Waals surface area contributed by atoms with Gasteiger partial charge < -0.3 is 10.5 Å². The summed E-state index contributed by atoms with van der Waals surface area (Å²) in [6.45, 7) is 4.91. The highest BCUT2D eigenvalue weighted by atomic mass is 16.5. The van der Waals surface area contributed by atoms with Gasteiger partial charge in [-0.25, -0.2) is 0 Å². The maximum atomic E-state index is 6.14. The number of hydrogen-bond acceptors (Lipinski definition) is 2. The van der Waals surface area contributed by atoms with Crippen LogP contribution in [0.5, 0.6) is 5.75 Å². The molecule has 2 N–H and O–H groups in total. The summed E-state index contributed by atoms with van der Waals surface area (Å²) in [5.41, 5.74) is 12.2. The van der Waals surface area contributed by atoms with Gasteiger partial charge >= 0.3 is 0 Å². The van der Waals surface area contributed by atoms with E-state index in [1.807, 2.05) is 0 Å². The van der Waals surface area contributed by atoms with Crippen molar-refractivity contribution in [2.45, 2.75) is 32.8 Å². The van der Waals surface area contributed by atoms with Gasteiger partial charge in [0.05, 0.1) is 0 Å². The molecule has 0 spiro atoms. The molecule has 2 nitrogen and oxygen atoms in total. The largest absolute Gasteiger partial charge is 0.488 e. The molecule has 0 bridgehead atoms. The molecule has 0 unspecified atom stereocenters. The van der Waals surface area contributed by atoms with Gasteiger partial charge in [0.15, 0.2) is 0 Å². The van der Waals surface area contributed by atoms with Gasteiger partial charge in [0, 0.05) is 12.1 Å². The van der Waals surface area contributed by atoms with Crippen molar-refractivity contribution in [3.63, 3.8) is 0 Å². The van der Waals surface area contributed by atoms with Crippen LogP contribution in [0.2, 0.25) is 0 Å². The molecule has 1 aliphatic rings. The average molecular weight is 267 g/mol. The van der Waals surface area contributed by atoms with Crippen molar-refractivity contribution in [3.05, 3.63) is 53.1 Å². The zero-order valence-corrected chi connectivity index (χ0v) is 12.1. The number of rotatable bonds is 2. The van der Waals surface area contributed by atoms with E-state index in [0.717, 1.165) is 18.6 Å². The fourth-order valence-electron chi connectivity index (χ4n) is 2.88. The second kappa shape index (κ2) is 5.29. The van der Waals surface area contributed by atoms with Crippen LogP contribution in [0.3, 0.4) is 0 Å². The van der Waals surface area contributed by atoms with E-state index in [4.69, 9.17) is 10.5 Å². The number of para-hydroxylation sites is 1. The molecule has 2 heteroatoms. The zero-order valence-electron chi connectivity index (χ0n) is 12.1. The average Bonchev–Trinajstić information content (AvgIpc) is 2.49. The Hall–Kier alpha value is -1.80. The predicted octanol–water partition coefficient (Wildman–Crippen LogP) is 3.62. The van der Waals surface area contributed by atoms with Gasteiger partial charge in [0.25, 0.3) is 0 Å². The molecule has 0 aliphatic carbocycles. The van der Waals surface area contributed by atoms with Crippen LogP contribution in [0, 0.1) is 13.8 Å². The topological polar surface area (TPSA) is 35.2 Å². The Morgan fingerprint density at radius 1 is 1.10 bits per heavy atom.